The first kappa shape index (κ1) is 16.7. The Labute approximate surface area is 151 Å². The van der Waals surface area contributed by atoms with Crippen molar-refractivity contribution in [2.75, 3.05) is 6.54 Å². The van der Waals surface area contributed by atoms with Gasteiger partial charge in [-0.15, -0.1) is 0 Å². The van der Waals surface area contributed by atoms with Crippen molar-refractivity contribution in [1.82, 2.24) is 4.90 Å². The Kier molecular flexibility index (Phi) is 4.97. The second kappa shape index (κ2) is 7.15. The monoisotopic (exact) mass is 401 g/mol. The van der Waals surface area contributed by atoms with Crippen LogP contribution >= 0.6 is 27.7 Å². The Morgan fingerprint density at radius 2 is 1.71 bits per heavy atom. The molecule has 0 unspecified atom stereocenters. The van der Waals surface area contributed by atoms with E-state index < -0.39 is 11.1 Å². The van der Waals surface area contributed by atoms with Crippen molar-refractivity contribution in [3.8, 4) is 0 Å². The highest BCUT2D eigenvalue weighted by Gasteiger charge is 2.36. The van der Waals surface area contributed by atoms with Crippen LogP contribution in [0, 0.1) is 0 Å². The van der Waals surface area contributed by atoms with E-state index in [4.69, 9.17) is 0 Å². The van der Waals surface area contributed by atoms with E-state index in [-0.39, 0.29) is 12.3 Å². The number of rotatable bonds is 4. The number of carbonyl (C=O) groups is 3. The lowest BCUT2D eigenvalue weighted by molar-refractivity contribution is -0.122. The molecule has 3 rings (SSSR count). The molecule has 1 heterocycles. The van der Waals surface area contributed by atoms with Gasteiger partial charge in [-0.2, -0.15) is 0 Å². The molecule has 24 heavy (non-hydrogen) atoms. The fraction of sp³-hybridized carbons (Fsp3) is 0.0556. The van der Waals surface area contributed by atoms with E-state index in [2.05, 4.69) is 15.9 Å². The van der Waals surface area contributed by atoms with Crippen LogP contribution in [0.3, 0.4) is 0 Å². The first-order valence-corrected chi connectivity index (χ1v) is 8.75. The molecule has 0 radical (unpaired) electrons. The summed E-state index contributed by atoms with van der Waals surface area (Å²) in [6.45, 7) is -0.252. The molecule has 1 saturated heterocycles. The van der Waals surface area contributed by atoms with Gasteiger partial charge in [0.05, 0.1) is 11.4 Å². The van der Waals surface area contributed by atoms with E-state index in [0.717, 1.165) is 26.7 Å². The Morgan fingerprint density at radius 1 is 1.04 bits per heavy atom. The average molecular weight is 402 g/mol. The summed E-state index contributed by atoms with van der Waals surface area (Å²) in [5, 5.41) is -0.423. The highest BCUT2D eigenvalue weighted by Crippen LogP contribution is 2.32. The predicted molar refractivity (Wildman–Crippen MR) is 97.6 cm³/mol. The second-order valence-electron chi connectivity index (χ2n) is 5.11. The molecule has 1 aliphatic rings. The fourth-order valence-electron chi connectivity index (χ4n) is 2.21. The summed E-state index contributed by atoms with van der Waals surface area (Å²) in [4.78, 5) is 38.1. The molecule has 4 nitrogen and oxygen atoms in total. The molecule has 0 aromatic heterocycles. The van der Waals surface area contributed by atoms with Crippen LogP contribution in [-0.2, 0) is 4.79 Å². The molecule has 0 spiro atoms. The van der Waals surface area contributed by atoms with Crippen LogP contribution in [0.2, 0.25) is 0 Å². The van der Waals surface area contributed by atoms with Crippen molar-refractivity contribution in [3.63, 3.8) is 0 Å². The number of Topliss-reactive ketones (excluding diaryl/α,β-unsaturated/α-hetero) is 1. The largest absolute Gasteiger partial charge is 0.293 e. The van der Waals surface area contributed by atoms with Crippen molar-refractivity contribution in [1.29, 1.82) is 0 Å². The Morgan fingerprint density at radius 3 is 2.38 bits per heavy atom. The van der Waals surface area contributed by atoms with Gasteiger partial charge in [-0.25, -0.2) is 0 Å². The number of halogens is 1. The van der Waals surface area contributed by atoms with Crippen LogP contribution in [0.5, 0.6) is 0 Å². The highest BCUT2D eigenvalue weighted by atomic mass is 79.9. The number of nitrogens with zero attached hydrogens (tertiary/aromatic N) is 1. The molecule has 0 aliphatic carbocycles. The summed E-state index contributed by atoms with van der Waals surface area (Å²) in [5.41, 5.74) is 1.30. The van der Waals surface area contributed by atoms with Crippen molar-refractivity contribution in [3.05, 3.63) is 75.1 Å². The Balaban J connectivity index is 1.76. The molecule has 0 saturated carbocycles. The molecular formula is C18H12BrNO3S. The molecule has 2 aromatic rings. The second-order valence-corrected chi connectivity index (χ2v) is 7.02. The van der Waals surface area contributed by atoms with Gasteiger partial charge in [0.2, 0.25) is 0 Å². The summed E-state index contributed by atoms with van der Waals surface area (Å²) in [7, 11) is 0. The van der Waals surface area contributed by atoms with Crippen molar-refractivity contribution in [2.45, 2.75) is 0 Å². The Bertz CT molecular complexity index is 831. The first-order valence-electron chi connectivity index (χ1n) is 7.14. The summed E-state index contributed by atoms with van der Waals surface area (Å²) in [5.74, 6) is -0.704. The van der Waals surface area contributed by atoms with E-state index >= 15 is 0 Å². The fourth-order valence-corrected chi connectivity index (χ4v) is 3.31. The van der Waals surface area contributed by atoms with E-state index in [1.54, 1.807) is 30.3 Å². The SMILES string of the molecule is O=C(CN1C(=O)SC(=Cc2ccccc2)C1=O)c1ccc(Br)cc1. The van der Waals surface area contributed by atoms with Gasteiger partial charge in [-0.1, -0.05) is 58.4 Å². The quantitative estimate of drug-likeness (QED) is 0.563. The van der Waals surface area contributed by atoms with Gasteiger partial charge in [0.25, 0.3) is 11.1 Å². The van der Waals surface area contributed by atoms with E-state index in [1.807, 2.05) is 30.3 Å². The van der Waals surface area contributed by atoms with Crippen LogP contribution in [0.4, 0.5) is 4.79 Å². The normalized spacial score (nSPS) is 16.0. The third-order valence-electron chi connectivity index (χ3n) is 3.44. The molecular weight excluding hydrogens is 390 g/mol. The minimum atomic E-state index is -0.431. The lowest BCUT2D eigenvalue weighted by Gasteiger charge is -2.11. The zero-order valence-electron chi connectivity index (χ0n) is 12.4. The number of ketones is 1. The lowest BCUT2D eigenvalue weighted by atomic mass is 10.1. The maximum absolute atomic E-state index is 12.4. The average Bonchev–Trinajstić information content (AvgIpc) is 2.84. The molecule has 2 amide bonds. The first-order chi connectivity index (χ1) is 11.5. The summed E-state index contributed by atoms with van der Waals surface area (Å²) in [6, 6.07) is 16.1. The van der Waals surface area contributed by atoms with Crippen LogP contribution in [-0.4, -0.2) is 28.4 Å². The van der Waals surface area contributed by atoms with E-state index in [1.165, 1.54) is 0 Å². The number of hydrogen-bond acceptors (Lipinski definition) is 4. The van der Waals surface area contributed by atoms with Gasteiger partial charge in [0, 0.05) is 10.0 Å². The van der Waals surface area contributed by atoms with E-state index in [9.17, 15) is 14.4 Å². The van der Waals surface area contributed by atoms with Crippen LogP contribution < -0.4 is 0 Å². The van der Waals surface area contributed by atoms with Gasteiger partial charge < -0.3 is 0 Å². The minimum Gasteiger partial charge on any atom is -0.292 e. The maximum atomic E-state index is 12.4. The third-order valence-corrected chi connectivity index (χ3v) is 4.87. The van der Waals surface area contributed by atoms with Crippen molar-refractivity contribution in [2.24, 2.45) is 0 Å². The molecule has 1 fully saturated rings. The molecule has 0 atom stereocenters. The zero-order valence-corrected chi connectivity index (χ0v) is 14.8. The molecule has 120 valence electrons. The third kappa shape index (κ3) is 3.66. The van der Waals surface area contributed by atoms with Crippen LogP contribution in [0.1, 0.15) is 15.9 Å². The number of carbonyl (C=O) groups excluding carboxylic acids is 3. The van der Waals surface area contributed by atoms with Crippen molar-refractivity contribution < 1.29 is 14.4 Å². The van der Waals surface area contributed by atoms with Gasteiger partial charge in [0.1, 0.15) is 0 Å². The number of imide groups is 1. The van der Waals surface area contributed by atoms with Gasteiger partial charge >= 0.3 is 0 Å². The molecule has 1 aliphatic heterocycles. The minimum absolute atomic E-state index is 0.252. The molecule has 0 N–H and O–H groups in total. The molecule has 6 heteroatoms. The van der Waals surface area contributed by atoms with Crippen molar-refractivity contribution >= 4 is 50.7 Å². The predicted octanol–water partition coefficient (Wildman–Crippen LogP) is 4.37. The zero-order chi connectivity index (χ0) is 17.1. The number of amides is 2. The standard InChI is InChI=1S/C18H12BrNO3S/c19-14-8-6-13(7-9-14)15(21)11-20-17(22)16(24-18(20)23)10-12-4-2-1-3-5-12/h1-10H,11H2. The maximum Gasteiger partial charge on any atom is 0.293 e. The smallest absolute Gasteiger partial charge is 0.292 e. The lowest BCUT2D eigenvalue weighted by Crippen LogP contribution is -2.33. The van der Waals surface area contributed by atoms with Gasteiger partial charge in [-0.3, -0.25) is 19.3 Å². The van der Waals surface area contributed by atoms with Crippen LogP contribution in [0.15, 0.2) is 64.0 Å². The Hall–Kier alpha value is -2.18. The number of thioether (sulfide) groups is 1. The molecule has 2 aromatic carbocycles. The molecule has 0 bridgehead atoms. The number of benzene rings is 2. The highest BCUT2D eigenvalue weighted by molar-refractivity contribution is 9.10. The summed E-state index contributed by atoms with van der Waals surface area (Å²) >= 11 is 4.16. The topological polar surface area (TPSA) is 54.5 Å². The van der Waals surface area contributed by atoms with Gasteiger partial charge in [-0.05, 0) is 35.5 Å². The summed E-state index contributed by atoms with van der Waals surface area (Å²) < 4.78 is 0.857. The van der Waals surface area contributed by atoms with E-state index in [0.29, 0.717) is 10.5 Å². The van der Waals surface area contributed by atoms with Crippen LogP contribution in [0.25, 0.3) is 6.08 Å². The van der Waals surface area contributed by atoms with Gasteiger partial charge in [0.15, 0.2) is 5.78 Å². The summed E-state index contributed by atoms with van der Waals surface area (Å²) in [6.07, 6.45) is 1.66. The number of hydrogen-bond donors (Lipinski definition) is 0.